The minimum atomic E-state index is 0.143. The van der Waals surface area contributed by atoms with E-state index in [1.54, 1.807) is 0 Å². The summed E-state index contributed by atoms with van der Waals surface area (Å²) in [6, 6.07) is 2.24. The van der Waals surface area contributed by atoms with Crippen molar-refractivity contribution >= 4 is 28.8 Å². The summed E-state index contributed by atoms with van der Waals surface area (Å²) in [6.45, 7) is 2.63. The summed E-state index contributed by atoms with van der Waals surface area (Å²) < 4.78 is 5.50. The number of amides is 1. The second-order valence-electron chi connectivity index (χ2n) is 6.64. The van der Waals surface area contributed by atoms with Gasteiger partial charge in [0, 0.05) is 31.2 Å². The fourth-order valence-electron chi connectivity index (χ4n) is 4.39. The predicted molar refractivity (Wildman–Crippen MR) is 84.0 cm³/mol. The lowest BCUT2D eigenvalue weighted by molar-refractivity contribution is -0.140. The molecule has 1 unspecified atom stereocenters. The normalized spacial score (nSPS) is 28.2. The third-order valence-electron chi connectivity index (χ3n) is 5.58. The first-order chi connectivity index (χ1) is 10.2. The van der Waals surface area contributed by atoms with E-state index in [4.69, 9.17) is 16.3 Å². The number of thiophene rings is 1. The molecule has 4 rings (SSSR count). The van der Waals surface area contributed by atoms with Crippen molar-refractivity contribution in [3.05, 3.63) is 21.3 Å². The van der Waals surface area contributed by atoms with Crippen LogP contribution in [0.2, 0.25) is 5.02 Å². The summed E-state index contributed by atoms with van der Waals surface area (Å²) in [5.41, 5.74) is 0.418. The van der Waals surface area contributed by atoms with Crippen molar-refractivity contribution in [3.8, 4) is 0 Å². The fraction of sp³-hybridized carbons (Fsp3) is 0.688. The number of rotatable bonds is 2. The molecule has 5 heteroatoms. The highest BCUT2D eigenvalue weighted by Gasteiger charge is 2.59. The molecule has 1 aliphatic carbocycles. The van der Waals surface area contributed by atoms with Gasteiger partial charge < -0.3 is 9.64 Å². The third-order valence-corrected chi connectivity index (χ3v) is 6.91. The number of halogens is 1. The highest BCUT2D eigenvalue weighted by molar-refractivity contribution is 7.12. The van der Waals surface area contributed by atoms with Gasteiger partial charge in [0.2, 0.25) is 0 Å². The molecule has 2 saturated heterocycles. The van der Waals surface area contributed by atoms with E-state index in [1.165, 1.54) is 30.6 Å². The Morgan fingerprint density at radius 3 is 2.71 bits per heavy atom. The maximum Gasteiger partial charge on any atom is 0.265 e. The molecule has 1 saturated carbocycles. The van der Waals surface area contributed by atoms with Gasteiger partial charge in [-0.05, 0) is 43.0 Å². The van der Waals surface area contributed by atoms with Gasteiger partial charge in [-0.3, -0.25) is 4.79 Å². The molecule has 1 aromatic rings. The molecule has 2 aliphatic heterocycles. The fourth-order valence-corrected chi connectivity index (χ4v) is 5.49. The first-order valence-corrected chi connectivity index (χ1v) is 9.09. The van der Waals surface area contributed by atoms with Crippen molar-refractivity contribution in [1.29, 1.82) is 0 Å². The lowest BCUT2D eigenvalue weighted by Gasteiger charge is -2.65. The Morgan fingerprint density at radius 1 is 1.38 bits per heavy atom. The monoisotopic (exact) mass is 325 g/mol. The van der Waals surface area contributed by atoms with Crippen LogP contribution < -0.4 is 0 Å². The number of carbonyl (C=O) groups excluding carboxylic acids is 1. The van der Waals surface area contributed by atoms with E-state index in [9.17, 15) is 4.79 Å². The second-order valence-corrected chi connectivity index (χ2v) is 7.96. The highest BCUT2D eigenvalue weighted by atomic mass is 35.5. The van der Waals surface area contributed by atoms with Crippen LogP contribution in [0, 0.1) is 11.3 Å². The first kappa shape index (κ1) is 14.0. The summed E-state index contributed by atoms with van der Waals surface area (Å²) >= 11 is 7.62. The summed E-state index contributed by atoms with van der Waals surface area (Å²) in [4.78, 5) is 15.6. The summed E-state index contributed by atoms with van der Waals surface area (Å²) in [7, 11) is 0. The molecule has 3 heterocycles. The van der Waals surface area contributed by atoms with Gasteiger partial charge in [0.1, 0.15) is 4.88 Å². The topological polar surface area (TPSA) is 29.5 Å². The lowest BCUT2D eigenvalue weighted by atomic mass is 9.54. The maximum absolute atomic E-state index is 12.8. The second kappa shape index (κ2) is 5.25. The van der Waals surface area contributed by atoms with E-state index < -0.39 is 0 Å². The Kier molecular flexibility index (Phi) is 3.51. The van der Waals surface area contributed by atoms with Gasteiger partial charge in [0.15, 0.2) is 0 Å². The molecule has 1 atom stereocenters. The minimum absolute atomic E-state index is 0.143. The van der Waals surface area contributed by atoms with Crippen molar-refractivity contribution in [2.75, 3.05) is 19.8 Å². The lowest BCUT2D eigenvalue weighted by Crippen LogP contribution is -2.71. The van der Waals surface area contributed by atoms with E-state index in [0.29, 0.717) is 27.3 Å². The van der Waals surface area contributed by atoms with Gasteiger partial charge >= 0.3 is 0 Å². The van der Waals surface area contributed by atoms with Crippen LogP contribution in [0.3, 0.4) is 0 Å². The molecule has 3 fully saturated rings. The standard InChI is InChI=1S/C16H20ClNO2S/c17-12-4-9-21-13(12)15(19)18-10-16(5-1-6-16)14(18)11-2-7-20-8-3-11/h4,9,11,14H,1-3,5-8,10H2. The Labute approximate surface area is 134 Å². The van der Waals surface area contributed by atoms with Gasteiger partial charge in [0.25, 0.3) is 5.91 Å². The molecule has 3 aliphatic rings. The zero-order valence-electron chi connectivity index (χ0n) is 12.0. The van der Waals surface area contributed by atoms with Crippen LogP contribution in [0.1, 0.15) is 41.8 Å². The molecule has 1 amide bonds. The third kappa shape index (κ3) is 2.14. The smallest absolute Gasteiger partial charge is 0.265 e. The molecular formula is C16H20ClNO2S. The molecule has 21 heavy (non-hydrogen) atoms. The molecule has 1 aromatic heterocycles. The van der Waals surface area contributed by atoms with Gasteiger partial charge in [0.05, 0.1) is 5.02 Å². The highest BCUT2D eigenvalue weighted by Crippen LogP contribution is 2.57. The number of hydrogen-bond donors (Lipinski definition) is 0. The van der Waals surface area contributed by atoms with Crippen LogP contribution in [0.25, 0.3) is 0 Å². The number of ether oxygens (including phenoxy) is 1. The summed E-state index contributed by atoms with van der Waals surface area (Å²) in [5.74, 6) is 0.750. The van der Waals surface area contributed by atoms with Gasteiger partial charge in [-0.25, -0.2) is 0 Å². The molecule has 0 N–H and O–H groups in total. The van der Waals surface area contributed by atoms with Gasteiger partial charge in [-0.15, -0.1) is 11.3 Å². The first-order valence-electron chi connectivity index (χ1n) is 7.83. The van der Waals surface area contributed by atoms with Crippen molar-refractivity contribution in [1.82, 2.24) is 4.90 Å². The number of hydrogen-bond acceptors (Lipinski definition) is 3. The zero-order valence-corrected chi connectivity index (χ0v) is 13.6. The SMILES string of the molecule is O=C(c1sccc1Cl)N1CC2(CCC2)C1C1CCOCC1. The van der Waals surface area contributed by atoms with E-state index in [2.05, 4.69) is 4.90 Å². The minimum Gasteiger partial charge on any atom is -0.381 e. The average molecular weight is 326 g/mol. The van der Waals surface area contributed by atoms with Crippen LogP contribution in [-0.4, -0.2) is 36.6 Å². The Bertz CT molecular complexity index is 548. The molecule has 0 radical (unpaired) electrons. The largest absolute Gasteiger partial charge is 0.381 e. The van der Waals surface area contributed by atoms with Crippen LogP contribution in [-0.2, 0) is 4.74 Å². The molecule has 114 valence electrons. The Morgan fingerprint density at radius 2 is 2.14 bits per heavy atom. The van der Waals surface area contributed by atoms with E-state index in [-0.39, 0.29) is 5.91 Å². The van der Waals surface area contributed by atoms with Crippen LogP contribution in [0.4, 0.5) is 0 Å². The molecule has 0 bridgehead atoms. The average Bonchev–Trinajstić information content (AvgIpc) is 2.83. The molecule has 3 nitrogen and oxygen atoms in total. The Balaban J connectivity index is 1.57. The number of nitrogens with zero attached hydrogens (tertiary/aromatic N) is 1. The Hall–Kier alpha value is -0.580. The quantitative estimate of drug-likeness (QED) is 0.827. The van der Waals surface area contributed by atoms with E-state index >= 15 is 0 Å². The molecular weight excluding hydrogens is 306 g/mol. The van der Waals surface area contributed by atoms with E-state index in [1.807, 2.05) is 11.4 Å². The van der Waals surface area contributed by atoms with Crippen LogP contribution in [0.5, 0.6) is 0 Å². The van der Waals surface area contributed by atoms with Crippen molar-refractivity contribution in [3.63, 3.8) is 0 Å². The van der Waals surface area contributed by atoms with Crippen molar-refractivity contribution in [2.45, 2.75) is 38.1 Å². The summed E-state index contributed by atoms with van der Waals surface area (Å²) in [5, 5.41) is 2.50. The van der Waals surface area contributed by atoms with E-state index in [0.717, 1.165) is 32.6 Å². The van der Waals surface area contributed by atoms with Gasteiger partial charge in [-0.2, -0.15) is 0 Å². The molecule has 0 aromatic carbocycles. The molecule has 1 spiro atoms. The van der Waals surface area contributed by atoms with Crippen molar-refractivity contribution in [2.24, 2.45) is 11.3 Å². The number of likely N-dealkylation sites (tertiary alicyclic amines) is 1. The zero-order chi connectivity index (χ0) is 14.4. The predicted octanol–water partition coefficient (Wildman–Crippen LogP) is 3.82. The van der Waals surface area contributed by atoms with Gasteiger partial charge in [-0.1, -0.05) is 18.0 Å². The van der Waals surface area contributed by atoms with Crippen LogP contribution in [0.15, 0.2) is 11.4 Å². The summed E-state index contributed by atoms with van der Waals surface area (Å²) in [6.07, 6.45) is 6.08. The maximum atomic E-state index is 12.8. The number of carbonyl (C=O) groups is 1. The van der Waals surface area contributed by atoms with Crippen LogP contribution >= 0.6 is 22.9 Å². The van der Waals surface area contributed by atoms with Crippen molar-refractivity contribution < 1.29 is 9.53 Å².